The number of piperidine rings is 1. The Labute approximate surface area is 173 Å². The van der Waals surface area contributed by atoms with E-state index in [1.54, 1.807) is 11.0 Å². The monoisotopic (exact) mass is 414 g/mol. The lowest BCUT2D eigenvalue weighted by Gasteiger charge is -2.37. The quantitative estimate of drug-likeness (QED) is 0.450. The van der Waals surface area contributed by atoms with Gasteiger partial charge in [0.1, 0.15) is 5.82 Å². The van der Waals surface area contributed by atoms with Crippen molar-refractivity contribution in [2.24, 2.45) is 5.92 Å². The first-order valence-corrected chi connectivity index (χ1v) is 10.4. The first-order chi connectivity index (χ1) is 13.8. The van der Waals surface area contributed by atoms with Gasteiger partial charge >= 0.3 is 11.8 Å². The maximum atomic E-state index is 13.0. The Kier molecular flexibility index (Phi) is 6.17. The number of pyridine rings is 1. The van der Waals surface area contributed by atoms with Crippen molar-refractivity contribution in [2.75, 3.05) is 23.3 Å². The average molecular weight is 415 g/mol. The van der Waals surface area contributed by atoms with Gasteiger partial charge < -0.3 is 27.1 Å². The lowest BCUT2D eigenvalue weighted by Crippen LogP contribution is -2.46. The van der Waals surface area contributed by atoms with Gasteiger partial charge in [-0.1, -0.05) is 13.8 Å². The maximum Gasteiger partial charge on any atom is 0.313 e. The van der Waals surface area contributed by atoms with Crippen LogP contribution in [0, 0.1) is 11.3 Å². The van der Waals surface area contributed by atoms with Gasteiger partial charge in [-0.25, -0.2) is 4.98 Å². The summed E-state index contributed by atoms with van der Waals surface area (Å²) in [4.78, 5) is 32.3. The van der Waals surface area contributed by atoms with Crippen LogP contribution < -0.4 is 16.8 Å². The molecule has 2 aromatic rings. The average Bonchev–Trinajstić information content (AvgIpc) is 3.09. The summed E-state index contributed by atoms with van der Waals surface area (Å²) in [5.41, 5.74) is 13.7. The van der Waals surface area contributed by atoms with E-state index >= 15 is 0 Å². The standard InChI is InChI=1S/C20H26N6O2S/c1-3-12-6-14(9-24-17(12)22)25-19(27)20(28)26-10-11(2)4-5-15(26)16-7-13(8-21)18(23)29-16/h6-9,11,15,21H,3-5,10,23H2,1-2H3,(H2,22,24)(H,25,27)/t11-,15+/m1/s1. The van der Waals surface area contributed by atoms with Crippen LogP contribution in [0.5, 0.6) is 0 Å². The van der Waals surface area contributed by atoms with E-state index in [4.69, 9.17) is 16.9 Å². The van der Waals surface area contributed by atoms with E-state index in [9.17, 15) is 9.59 Å². The topological polar surface area (TPSA) is 138 Å². The lowest BCUT2D eigenvalue weighted by molar-refractivity contribution is -0.146. The minimum atomic E-state index is -0.700. The molecular formula is C20H26N6O2S. The largest absolute Gasteiger partial charge is 0.390 e. The van der Waals surface area contributed by atoms with E-state index in [0.29, 0.717) is 41.0 Å². The highest BCUT2D eigenvalue weighted by molar-refractivity contribution is 7.16. The first kappa shape index (κ1) is 20.8. The number of carbonyl (C=O) groups is 2. The number of hydrogen-bond donors (Lipinski definition) is 4. The number of anilines is 3. The zero-order valence-corrected chi connectivity index (χ0v) is 17.4. The maximum absolute atomic E-state index is 13.0. The normalized spacial score (nSPS) is 19.0. The smallest absolute Gasteiger partial charge is 0.313 e. The van der Waals surface area contributed by atoms with Crippen molar-refractivity contribution in [1.82, 2.24) is 9.88 Å². The molecule has 29 heavy (non-hydrogen) atoms. The van der Waals surface area contributed by atoms with Gasteiger partial charge in [0, 0.05) is 23.2 Å². The highest BCUT2D eigenvalue weighted by Gasteiger charge is 2.35. The molecule has 0 spiro atoms. The molecule has 9 heteroatoms. The molecule has 6 N–H and O–H groups in total. The number of likely N-dealkylation sites (tertiary alicyclic amines) is 1. The fraction of sp³-hybridized carbons (Fsp3) is 0.400. The van der Waals surface area contributed by atoms with Crippen LogP contribution >= 0.6 is 11.3 Å². The third-order valence-corrected chi connectivity index (χ3v) is 6.29. The number of nitrogens with zero attached hydrogens (tertiary/aromatic N) is 2. The Hall–Kier alpha value is -2.94. The molecular weight excluding hydrogens is 388 g/mol. The van der Waals surface area contributed by atoms with E-state index in [0.717, 1.165) is 23.3 Å². The number of nitrogens with one attached hydrogen (secondary N) is 2. The van der Waals surface area contributed by atoms with Crippen LogP contribution in [0.3, 0.4) is 0 Å². The Morgan fingerprint density at radius 1 is 1.38 bits per heavy atom. The summed E-state index contributed by atoms with van der Waals surface area (Å²) in [6, 6.07) is 3.35. The number of amides is 2. The second kappa shape index (κ2) is 8.60. The molecule has 0 saturated carbocycles. The second-order valence-corrected chi connectivity index (χ2v) is 8.46. The van der Waals surface area contributed by atoms with Crippen LogP contribution in [-0.2, 0) is 16.0 Å². The highest BCUT2D eigenvalue weighted by atomic mass is 32.1. The summed E-state index contributed by atoms with van der Waals surface area (Å²) in [6.07, 6.45) is 5.04. The number of hydrogen-bond acceptors (Lipinski definition) is 7. The molecule has 1 aliphatic heterocycles. The molecule has 3 heterocycles. The highest BCUT2D eigenvalue weighted by Crippen LogP contribution is 2.39. The number of rotatable bonds is 4. The Bertz CT molecular complexity index is 941. The van der Waals surface area contributed by atoms with Crippen molar-refractivity contribution in [3.63, 3.8) is 0 Å². The predicted molar refractivity (Wildman–Crippen MR) is 116 cm³/mol. The van der Waals surface area contributed by atoms with Gasteiger partial charge in [-0.15, -0.1) is 11.3 Å². The molecule has 0 aromatic carbocycles. The van der Waals surface area contributed by atoms with Gasteiger partial charge in [-0.3, -0.25) is 9.59 Å². The van der Waals surface area contributed by atoms with E-state index in [2.05, 4.69) is 17.2 Å². The summed E-state index contributed by atoms with van der Waals surface area (Å²) in [7, 11) is 0. The molecule has 2 aromatic heterocycles. The number of carbonyl (C=O) groups excluding carboxylic acids is 2. The SMILES string of the molecule is CCc1cc(NC(=O)C(=O)N2C[C@H](C)CC[C@H]2c2cc(C=N)c(N)s2)cnc1N. The van der Waals surface area contributed by atoms with Gasteiger partial charge in [-0.2, -0.15) is 0 Å². The van der Waals surface area contributed by atoms with E-state index in [1.807, 2.05) is 13.0 Å². The van der Waals surface area contributed by atoms with Gasteiger partial charge in [0.2, 0.25) is 0 Å². The molecule has 2 atom stereocenters. The van der Waals surface area contributed by atoms with Crippen LogP contribution in [0.1, 0.15) is 48.7 Å². The van der Waals surface area contributed by atoms with Gasteiger partial charge in [0.25, 0.3) is 0 Å². The van der Waals surface area contributed by atoms with Crippen molar-refractivity contribution < 1.29 is 9.59 Å². The van der Waals surface area contributed by atoms with Crippen LogP contribution in [-0.4, -0.2) is 34.5 Å². The Morgan fingerprint density at radius 2 is 2.14 bits per heavy atom. The second-order valence-electron chi connectivity index (χ2n) is 7.34. The first-order valence-electron chi connectivity index (χ1n) is 9.60. The number of nitrogens with two attached hydrogens (primary N) is 2. The van der Waals surface area contributed by atoms with Gasteiger partial charge in [0.15, 0.2) is 0 Å². The van der Waals surface area contributed by atoms with E-state index in [1.165, 1.54) is 23.7 Å². The summed E-state index contributed by atoms with van der Waals surface area (Å²) in [6.45, 7) is 4.51. The summed E-state index contributed by atoms with van der Waals surface area (Å²) in [5.74, 6) is -0.569. The number of thiophene rings is 1. The van der Waals surface area contributed by atoms with Gasteiger partial charge in [0.05, 0.1) is 22.9 Å². The zero-order valence-electron chi connectivity index (χ0n) is 16.6. The van der Waals surface area contributed by atoms with Crippen molar-refractivity contribution in [3.05, 3.63) is 34.3 Å². The zero-order chi connectivity index (χ0) is 21.1. The summed E-state index contributed by atoms with van der Waals surface area (Å²) >= 11 is 1.37. The molecule has 0 unspecified atom stereocenters. The van der Waals surface area contributed by atoms with E-state index in [-0.39, 0.29) is 6.04 Å². The van der Waals surface area contributed by atoms with Crippen molar-refractivity contribution in [1.29, 1.82) is 5.41 Å². The molecule has 2 amide bonds. The molecule has 0 bridgehead atoms. The fourth-order valence-corrected chi connectivity index (χ4v) is 4.63. The van der Waals surface area contributed by atoms with Crippen molar-refractivity contribution in [2.45, 2.75) is 39.2 Å². The molecule has 1 saturated heterocycles. The lowest BCUT2D eigenvalue weighted by atomic mass is 9.93. The minimum absolute atomic E-state index is 0.221. The summed E-state index contributed by atoms with van der Waals surface area (Å²) < 4.78 is 0. The fourth-order valence-electron chi connectivity index (χ4n) is 3.58. The molecule has 1 aliphatic rings. The van der Waals surface area contributed by atoms with Crippen LogP contribution in [0.25, 0.3) is 0 Å². The van der Waals surface area contributed by atoms with Crippen LogP contribution in [0.2, 0.25) is 0 Å². The van der Waals surface area contributed by atoms with Gasteiger partial charge in [-0.05, 0) is 42.9 Å². The van der Waals surface area contributed by atoms with Crippen LogP contribution in [0.4, 0.5) is 16.5 Å². The number of aromatic nitrogens is 1. The number of aryl methyl sites for hydroxylation is 1. The predicted octanol–water partition coefficient (Wildman–Crippen LogP) is 2.81. The summed E-state index contributed by atoms with van der Waals surface area (Å²) in [5, 5.41) is 10.7. The van der Waals surface area contributed by atoms with Crippen molar-refractivity contribution >= 4 is 45.9 Å². The number of nitrogen functional groups attached to an aromatic ring is 2. The van der Waals surface area contributed by atoms with Crippen molar-refractivity contribution in [3.8, 4) is 0 Å². The molecule has 8 nitrogen and oxygen atoms in total. The third-order valence-electron chi connectivity index (χ3n) is 5.21. The molecule has 3 rings (SSSR count). The van der Waals surface area contributed by atoms with Crippen LogP contribution in [0.15, 0.2) is 18.3 Å². The third kappa shape index (κ3) is 4.40. The Balaban J connectivity index is 1.81. The molecule has 0 radical (unpaired) electrons. The van der Waals surface area contributed by atoms with E-state index < -0.39 is 11.8 Å². The minimum Gasteiger partial charge on any atom is -0.390 e. The molecule has 0 aliphatic carbocycles. The molecule has 154 valence electrons. The Morgan fingerprint density at radius 3 is 2.79 bits per heavy atom. The molecule has 1 fully saturated rings.